The lowest BCUT2D eigenvalue weighted by Crippen LogP contribution is -2.05. The van der Waals surface area contributed by atoms with E-state index < -0.39 is 0 Å². The summed E-state index contributed by atoms with van der Waals surface area (Å²) in [6.07, 6.45) is 0. The van der Waals surface area contributed by atoms with Crippen molar-refractivity contribution in [1.82, 2.24) is 19.5 Å². The Morgan fingerprint density at radius 3 is 1.12 bits per heavy atom. The van der Waals surface area contributed by atoms with E-state index in [1.807, 2.05) is 12.1 Å². The van der Waals surface area contributed by atoms with Gasteiger partial charge in [0.25, 0.3) is 0 Å². The largest absolute Gasteiger partial charge is 0.308 e. The zero-order valence-corrected chi connectivity index (χ0v) is 32.1. The highest BCUT2D eigenvalue weighted by Gasteiger charge is 2.23. The van der Waals surface area contributed by atoms with E-state index in [1.54, 1.807) is 0 Å². The van der Waals surface area contributed by atoms with E-state index in [0.717, 1.165) is 77.6 Å². The van der Waals surface area contributed by atoms with Gasteiger partial charge < -0.3 is 4.57 Å². The van der Waals surface area contributed by atoms with Crippen LogP contribution < -0.4 is 0 Å². The van der Waals surface area contributed by atoms with Crippen molar-refractivity contribution in [3.63, 3.8) is 0 Å². The Bertz CT molecular complexity index is 3130. The van der Waals surface area contributed by atoms with Crippen molar-refractivity contribution < 1.29 is 0 Å². The molecule has 0 saturated heterocycles. The normalized spacial score (nSPS) is 11.4. The van der Waals surface area contributed by atoms with Gasteiger partial charge in [-0.3, -0.25) is 0 Å². The van der Waals surface area contributed by atoms with Gasteiger partial charge in [0.2, 0.25) is 0 Å². The second kappa shape index (κ2) is 14.5. The Kier molecular flexibility index (Phi) is 8.45. The maximum atomic E-state index is 5.41. The van der Waals surface area contributed by atoms with Crippen LogP contribution >= 0.6 is 0 Å². The molecule has 0 unspecified atom stereocenters. The molecule has 0 radical (unpaired) electrons. The van der Waals surface area contributed by atoms with E-state index in [0.29, 0.717) is 17.5 Å². The maximum absolute atomic E-state index is 5.41. The molecule has 0 bridgehead atoms. The van der Waals surface area contributed by atoms with Crippen molar-refractivity contribution in [2.24, 2.45) is 0 Å². The Hall–Kier alpha value is -7.95. The van der Waals surface area contributed by atoms with Crippen molar-refractivity contribution in [2.75, 3.05) is 0 Å². The lowest BCUT2D eigenvalue weighted by atomic mass is 9.92. The van der Waals surface area contributed by atoms with Gasteiger partial charge >= 0.3 is 0 Å². The van der Waals surface area contributed by atoms with Crippen molar-refractivity contribution >= 4 is 32.6 Å². The SMILES string of the molecule is c1ccc(-c2ccc(-c3nc(-c4ccc(-c5ccccc5)cc4)nc(-c4c(-n5c6ccccc6c6ccccc65)cc(-c5ccccc5)c5ccccc45)n3)cc2)cc1. The third-order valence-corrected chi connectivity index (χ3v) is 11.3. The third-order valence-electron chi connectivity index (χ3n) is 11.3. The number of para-hydroxylation sites is 2. The average Bonchev–Trinajstić information content (AvgIpc) is 3.66. The molecule has 0 atom stereocenters. The molecule has 0 aliphatic carbocycles. The Morgan fingerprint density at radius 1 is 0.271 bits per heavy atom. The standard InChI is InChI=1S/C55H36N4/c1-4-16-37(17-5-1)39-28-32-42(33-29-39)53-56-54(43-34-30-40(31-35-43)38-18-6-2-7-19-38)58-55(57-53)52-47-25-11-10-22-44(47)48(41-20-8-3-9-21-41)36-51(52)59-49-26-14-12-23-45(49)46-24-13-15-27-50(46)59/h1-36H. The second-order valence-electron chi connectivity index (χ2n) is 14.8. The molecule has 0 amide bonds. The van der Waals surface area contributed by atoms with Crippen LogP contribution in [0.15, 0.2) is 218 Å². The van der Waals surface area contributed by atoms with Crippen LogP contribution in [0, 0.1) is 0 Å². The van der Waals surface area contributed by atoms with Crippen LogP contribution in [0.4, 0.5) is 0 Å². The number of hydrogen-bond acceptors (Lipinski definition) is 3. The van der Waals surface area contributed by atoms with Gasteiger partial charge in [-0.2, -0.15) is 0 Å². The number of nitrogens with zero attached hydrogens (tertiary/aromatic N) is 4. The van der Waals surface area contributed by atoms with Crippen LogP contribution in [0.3, 0.4) is 0 Å². The lowest BCUT2D eigenvalue weighted by molar-refractivity contribution is 1.07. The van der Waals surface area contributed by atoms with Crippen LogP contribution in [0.2, 0.25) is 0 Å². The summed E-state index contributed by atoms with van der Waals surface area (Å²) >= 11 is 0. The Morgan fingerprint density at radius 2 is 0.627 bits per heavy atom. The summed E-state index contributed by atoms with van der Waals surface area (Å²) < 4.78 is 2.39. The molecule has 0 saturated carbocycles. The van der Waals surface area contributed by atoms with E-state index in [2.05, 4.69) is 211 Å². The first kappa shape index (κ1) is 34.3. The summed E-state index contributed by atoms with van der Waals surface area (Å²) in [6.45, 7) is 0. The zero-order valence-electron chi connectivity index (χ0n) is 32.1. The van der Waals surface area contributed by atoms with E-state index >= 15 is 0 Å². The predicted octanol–water partition coefficient (Wildman–Crippen LogP) is 14.1. The highest BCUT2D eigenvalue weighted by Crippen LogP contribution is 2.43. The first-order valence-corrected chi connectivity index (χ1v) is 19.9. The van der Waals surface area contributed by atoms with Gasteiger partial charge in [-0.25, -0.2) is 15.0 Å². The molecular weight excluding hydrogens is 717 g/mol. The second-order valence-corrected chi connectivity index (χ2v) is 14.8. The van der Waals surface area contributed by atoms with Crippen LogP contribution in [0.1, 0.15) is 0 Å². The molecule has 4 nitrogen and oxygen atoms in total. The molecule has 0 spiro atoms. The number of aromatic nitrogens is 4. The van der Waals surface area contributed by atoms with Gasteiger partial charge in [-0.05, 0) is 62.4 Å². The molecule has 11 aromatic rings. The topological polar surface area (TPSA) is 43.6 Å². The average molecular weight is 753 g/mol. The zero-order chi connectivity index (χ0) is 39.1. The van der Waals surface area contributed by atoms with Gasteiger partial charge in [-0.15, -0.1) is 0 Å². The van der Waals surface area contributed by atoms with Crippen molar-refractivity contribution in [1.29, 1.82) is 0 Å². The minimum atomic E-state index is 0.608. The quantitative estimate of drug-likeness (QED) is 0.163. The minimum absolute atomic E-state index is 0.608. The molecule has 4 heteroatoms. The summed E-state index contributed by atoms with van der Waals surface area (Å²) in [7, 11) is 0. The third kappa shape index (κ3) is 6.15. The molecule has 59 heavy (non-hydrogen) atoms. The Balaban J connectivity index is 1.20. The molecule has 0 fully saturated rings. The van der Waals surface area contributed by atoms with Crippen LogP contribution in [0.5, 0.6) is 0 Å². The summed E-state index contributed by atoms with van der Waals surface area (Å²) in [5.74, 6) is 1.83. The smallest absolute Gasteiger partial charge is 0.166 e. The van der Waals surface area contributed by atoms with Crippen LogP contribution in [-0.4, -0.2) is 19.5 Å². The van der Waals surface area contributed by atoms with Crippen molar-refractivity contribution in [3.05, 3.63) is 218 Å². The van der Waals surface area contributed by atoms with Gasteiger partial charge in [0.15, 0.2) is 17.5 Å². The summed E-state index contributed by atoms with van der Waals surface area (Å²) in [6, 6.07) is 76.9. The first-order chi connectivity index (χ1) is 29.3. The summed E-state index contributed by atoms with van der Waals surface area (Å²) in [5.41, 5.74) is 12.9. The number of hydrogen-bond donors (Lipinski definition) is 0. The van der Waals surface area contributed by atoms with Crippen molar-refractivity contribution in [2.45, 2.75) is 0 Å². The predicted molar refractivity (Wildman–Crippen MR) is 244 cm³/mol. The molecule has 9 aromatic carbocycles. The summed E-state index contributed by atoms with van der Waals surface area (Å²) in [5, 5.41) is 4.57. The van der Waals surface area contributed by atoms with Gasteiger partial charge in [0.1, 0.15) is 0 Å². The molecule has 2 heterocycles. The van der Waals surface area contributed by atoms with Gasteiger partial charge in [0, 0.05) is 21.9 Å². The highest BCUT2D eigenvalue weighted by molar-refractivity contribution is 6.13. The Labute approximate surface area is 342 Å². The number of fused-ring (bicyclic) bond motifs is 4. The molecule has 0 N–H and O–H groups in total. The summed E-state index contributed by atoms with van der Waals surface area (Å²) in [4.78, 5) is 16.0. The molecule has 11 rings (SSSR count). The molecule has 0 aliphatic heterocycles. The van der Waals surface area contributed by atoms with E-state index in [9.17, 15) is 0 Å². The van der Waals surface area contributed by atoms with E-state index in [4.69, 9.17) is 15.0 Å². The molecule has 276 valence electrons. The first-order valence-electron chi connectivity index (χ1n) is 19.9. The van der Waals surface area contributed by atoms with E-state index in [-0.39, 0.29) is 0 Å². The highest BCUT2D eigenvalue weighted by atomic mass is 15.1. The molecular formula is C55H36N4. The number of benzene rings is 9. The minimum Gasteiger partial charge on any atom is -0.308 e. The van der Waals surface area contributed by atoms with Crippen LogP contribution in [0.25, 0.3) is 106 Å². The van der Waals surface area contributed by atoms with Gasteiger partial charge in [-0.1, -0.05) is 200 Å². The fourth-order valence-corrected chi connectivity index (χ4v) is 8.44. The van der Waals surface area contributed by atoms with E-state index in [1.165, 1.54) is 10.8 Å². The number of rotatable bonds is 7. The fraction of sp³-hybridized carbons (Fsp3) is 0. The molecule has 0 aliphatic rings. The van der Waals surface area contributed by atoms with Crippen LogP contribution in [-0.2, 0) is 0 Å². The monoisotopic (exact) mass is 752 g/mol. The molecule has 2 aromatic heterocycles. The maximum Gasteiger partial charge on any atom is 0.166 e. The fourth-order valence-electron chi connectivity index (χ4n) is 8.44. The van der Waals surface area contributed by atoms with Gasteiger partial charge in [0.05, 0.1) is 22.3 Å². The van der Waals surface area contributed by atoms with Crippen molar-refractivity contribution in [3.8, 4) is 73.2 Å². The lowest BCUT2D eigenvalue weighted by Gasteiger charge is -2.20.